The highest BCUT2D eigenvalue weighted by Gasteiger charge is 2.18. The van der Waals surface area contributed by atoms with Gasteiger partial charge in [0.25, 0.3) is 5.91 Å². The minimum absolute atomic E-state index is 0.0260. The second kappa shape index (κ2) is 9.48. The third kappa shape index (κ3) is 5.64. The summed E-state index contributed by atoms with van der Waals surface area (Å²) in [4.78, 5) is 24.2. The highest BCUT2D eigenvalue weighted by molar-refractivity contribution is 7.89. The summed E-state index contributed by atoms with van der Waals surface area (Å²) >= 11 is 0. The van der Waals surface area contributed by atoms with Crippen LogP contribution in [0.4, 0.5) is 5.69 Å². The molecule has 0 aliphatic rings. The highest BCUT2D eigenvalue weighted by Crippen LogP contribution is 2.16. The Balaban J connectivity index is 2.14. The van der Waals surface area contributed by atoms with E-state index in [4.69, 9.17) is 4.74 Å². The van der Waals surface area contributed by atoms with E-state index in [1.54, 1.807) is 38.1 Å². The Labute approximate surface area is 165 Å². The molecule has 2 aromatic carbocycles. The first-order chi connectivity index (χ1) is 13.3. The second-order valence-corrected chi connectivity index (χ2v) is 7.92. The van der Waals surface area contributed by atoms with Gasteiger partial charge in [0, 0.05) is 17.3 Å². The van der Waals surface area contributed by atoms with E-state index in [1.807, 2.05) is 6.92 Å². The van der Waals surface area contributed by atoms with Gasteiger partial charge in [-0.05, 0) is 62.7 Å². The molecule has 0 radical (unpaired) electrons. The Kier molecular flexibility index (Phi) is 7.31. The zero-order valence-electron chi connectivity index (χ0n) is 16.1. The van der Waals surface area contributed by atoms with E-state index in [2.05, 4.69) is 10.0 Å². The van der Waals surface area contributed by atoms with Gasteiger partial charge in [-0.15, -0.1) is 0 Å². The molecule has 2 N–H and O–H groups in total. The van der Waals surface area contributed by atoms with Gasteiger partial charge in [0.1, 0.15) is 0 Å². The van der Waals surface area contributed by atoms with Gasteiger partial charge in [0.2, 0.25) is 10.0 Å². The van der Waals surface area contributed by atoms with E-state index in [-0.39, 0.29) is 23.1 Å². The lowest BCUT2D eigenvalue weighted by molar-refractivity contribution is 0.0526. The second-order valence-electron chi connectivity index (χ2n) is 6.21. The maximum atomic E-state index is 12.5. The summed E-state index contributed by atoms with van der Waals surface area (Å²) in [5.41, 5.74) is 1.06. The summed E-state index contributed by atoms with van der Waals surface area (Å²) in [5.74, 6) is -0.892. The quantitative estimate of drug-likeness (QED) is 0.658. The molecular weight excluding hydrogens is 380 g/mol. The number of esters is 1. The number of hydrogen-bond acceptors (Lipinski definition) is 5. The molecule has 28 heavy (non-hydrogen) atoms. The third-order valence-electron chi connectivity index (χ3n) is 4.03. The molecule has 0 fully saturated rings. The molecule has 0 aliphatic heterocycles. The number of carbonyl (C=O) groups is 2. The predicted octanol–water partition coefficient (Wildman–Crippen LogP) is 3.19. The van der Waals surface area contributed by atoms with Crippen molar-refractivity contribution in [3.05, 3.63) is 59.7 Å². The molecule has 2 aromatic rings. The van der Waals surface area contributed by atoms with Crippen LogP contribution in [0.5, 0.6) is 0 Å². The van der Waals surface area contributed by atoms with E-state index in [0.717, 1.165) is 0 Å². The van der Waals surface area contributed by atoms with Gasteiger partial charge in [0.05, 0.1) is 17.1 Å². The lowest BCUT2D eigenvalue weighted by Gasteiger charge is -2.13. The molecule has 0 spiro atoms. The zero-order chi connectivity index (χ0) is 20.7. The van der Waals surface area contributed by atoms with Crippen molar-refractivity contribution < 1.29 is 22.7 Å². The van der Waals surface area contributed by atoms with Gasteiger partial charge in [-0.3, -0.25) is 4.79 Å². The fraction of sp³-hybridized carbons (Fsp3) is 0.300. The van der Waals surface area contributed by atoms with Crippen molar-refractivity contribution in [3.8, 4) is 0 Å². The van der Waals surface area contributed by atoms with Crippen LogP contribution in [-0.2, 0) is 14.8 Å². The minimum Gasteiger partial charge on any atom is -0.462 e. The largest absolute Gasteiger partial charge is 0.462 e. The van der Waals surface area contributed by atoms with Crippen LogP contribution in [0.15, 0.2) is 53.4 Å². The molecule has 0 heterocycles. The van der Waals surface area contributed by atoms with E-state index in [1.165, 1.54) is 24.3 Å². The maximum absolute atomic E-state index is 12.5. The Morgan fingerprint density at radius 1 is 1.04 bits per heavy atom. The smallest absolute Gasteiger partial charge is 0.338 e. The van der Waals surface area contributed by atoms with E-state index < -0.39 is 21.9 Å². The lowest BCUT2D eigenvalue weighted by Crippen LogP contribution is -2.32. The fourth-order valence-corrected chi connectivity index (χ4v) is 3.70. The summed E-state index contributed by atoms with van der Waals surface area (Å²) in [6, 6.07) is 11.9. The topological polar surface area (TPSA) is 102 Å². The fourth-order valence-electron chi connectivity index (χ4n) is 2.33. The molecule has 7 nitrogen and oxygen atoms in total. The van der Waals surface area contributed by atoms with Gasteiger partial charge in [-0.2, -0.15) is 0 Å². The molecule has 0 bridgehead atoms. The molecule has 0 aromatic heterocycles. The number of sulfonamides is 1. The third-order valence-corrected chi connectivity index (χ3v) is 5.62. The number of nitrogens with one attached hydrogen (secondary N) is 2. The van der Waals surface area contributed by atoms with E-state index >= 15 is 0 Å². The zero-order valence-corrected chi connectivity index (χ0v) is 16.9. The van der Waals surface area contributed by atoms with Crippen LogP contribution in [0, 0.1) is 0 Å². The number of hydrogen-bond donors (Lipinski definition) is 2. The van der Waals surface area contributed by atoms with Crippen LogP contribution in [-0.4, -0.2) is 32.9 Å². The van der Waals surface area contributed by atoms with Gasteiger partial charge >= 0.3 is 5.97 Å². The standard InChI is InChI=1S/C20H24N2O5S/c1-4-14(3)22-28(25,26)18-8-6-7-16(13-18)19(23)21-17-11-9-15(10-12-17)20(24)27-5-2/h6-14,22H,4-5H2,1-3H3,(H,21,23). The summed E-state index contributed by atoms with van der Waals surface area (Å²) in [6.07, 6.45) is 0.654. The summed E-state index contributed by atoms with van der Waals surface area (Å²) in [5, 5.41) is 2.68. The molecule has 0 aliphatic carbocycles. The number of amides is 1. The van der Waals surface area contributed by atoms with Crippen molar-refractivity contribution in [2.45, 2.75) is 38.1 Å². The average molecular weight is 404 g/mol. The van der Waals surface area contributed by atoms with Crippen molar-refractivity contribution in [3.63, 3.8) is 0 Å². The normalized spacial score (nSPS) is 12.2. The van der Waals surface area contributed by atoms with Crippen LogP contribution in [0.25, 0.3) is 0 Å². The van der Waals surface area contributed by atoms with Crippen LogP contribution in [0.1, 0.15) is 47.9 Å². The first-order valence-corrected chi connectivity index (χ1v) is 10.5. The monoisotopic (exact) mass is 404 g/mol. The van der Waals surface area contributed by atoms with Gasteiger partial charge in [0.15, 0.2) is 0 Å². The van der Waals surface area contributed by atoms with Crippen molar-refractivity contribution >= 4 is 27.6 Å². The molecule has 8 heteroatoms. The Hall–Kier alpha value is -2.71. The number of ether oxygens (including phenoxy) is 1. The Morgan fingerprint density at radius 2 is 1.71 bits per heavy atom. The number of benzene rings is 2. The molecule has 0 saturated heterocycles. The van der Waals surface area contributed by atoms with Crippen molar-refractivity contribution in [2.24, 2.45) is 0 Å². The molecule has 2 rings (SSSR count). The van der Waals surface area contributed by atoms with Crippen molar-refractivity contribution in [2.75, 3.05) is 11.9 Å². The summed E-state index contributed by atoms with van der Waals surface area (Å²) in [6.45, 7) is 5.65. The SMILES string of the molecule is CCOC(=O)c1ccc(NC(=O)c2cccc(S(=O)(=O)NC(C)CC)c2)cc1. The molecule has 0 saturated carbocycles. The predicted molar refractivity (Wildman–Crippen MR) is 107 cm³/mol. The Morgan fingerprint density at radius 3 is 2.32 bits per heavy atom. The average Bonchev–Trinajstić information content (AvgIpc) is 2.68. The highest BCUT2D eigenvalue weighted by atomic mass is 32.2. The maximum Gasteiger partial charge on any atom is 0.338 e. The van der Waals surface area contributed by atoms with Crippen molar-refractivity contribution in [1.29, 1.82) is 0 Å². The summed E-state index contributed by atoms with van der Waals surface area (Å²) < 4.78 is 32.3. The molecule has 1 atom stereocenters. The number of carbonyl (C=O) groups excluding carboxylic acids is 2. The first kappa shape index (κ1) is 21.6. The summed E-state index contributed by atoms with van der Waals surface area (Å²) in [7, 11) is -3.70. The Bertz CT molecular complexity index is 939. The van der Waals surface area contributed by atoms with Crippen LogP contribution < -0.4 is 10.0 Å². The van der Waals surface area contributed by atoms with Crippen LogP contribution in [0.3, 0.4) is 0 Å². The molecule has 1 unspecified atom stereocenters. The minimum atomic E-state index is -3.70. The van der Waals surface area contributed by atoms with Crippen LogP contribution in [0.2, 0.25) is 0 Å². The van der Waals surface area contributed by atoms with Crippen LogP contribution >= 0.6 is 0 Å². The number of rotatable bonds is 8. The molecule has 1 amide bonds. The van der Waals surface area contributed by atoms with Gasteiger partial charge in [-0.25, -0.2) is 17.9 Å². The number of anilines is 1. The van der Waals surface area contributed by atoms with E-state index in [0.29, 0.717) is 17.7 Å². The molecular formula is C20H24N2O5S. The van der Waals surface area contributed by atoms with Gasteiger partial charge < -0.3 is 10.1 Å². The van der Waals surface area contributed by atoms with Crippen molar-refractivity contribution in [1.82, 2.24) is 4.72 Å². The first-order valence-electron chi connectivity index (χ1n) is 8.97. The molecule has 150 valence electrons. The van der Waals surface area contributed by atoms with Gasteiger partial charge in [-0.1, -0.05) is 13.0 Å². The van der Waals surface area contributed by atoms with E-state index in [9.17, 15) is 18.0 Å². The lowest BCUT2D eigenvalue weighted by atomic mass is 10.2.